The van der Waals surface area contributed by atoms with Crippen LogP contribution in [0.15, 0.2) is 42.5 Å². The molecule has 0 amide bonds. The molecule has 0 spiro atoms. The third-order valence-corrected chi connectivity index (χ3v) is 4.93. The molecule has 0 saturated carbocycles. The number of hydrogen-bond donors (Lipinski definition) is 0. The number of fused-ring (bicyclic) bond motifs is 2. The van der Waals surface area contributed by atoms with E-state index in [1.54, 1.807) is 6.07 Å². The second-order valence-corrected chi connectivity index (χ2v) is 6.82. The molecule has 0 radical (unpaired) electrons. The molecule has 0 heterocycles. The van der Waals surface area contributed by atoms with E-state index in [4.69, 9.17) is 0 Å². The monoisotopic (exact) mass is 307 g/mol. The lowest BCUT2D eigenvalue weighted by Crippen LogP contribution is -2.45. The van der Waals surface area contributed by atoms with Gasteiger partial charge < -0.3 is 0 Å². The summed E-state index contributed by atoms with van der Waals surface area (Å²) in [5, 5.41) is 0. The minimum atomic E-state index is -0.607. The van der Waals surface area contributed by atoms with Crippen LogP contribution in [0.4, 0.5) is 0 Å². The predicted molar refractivity (Wildman–Crippen MR) is 91.2 cm³/mol. The van der Waals surface area contributed by atoms with Crippen LogP contribution >= 0.6 is 0 Å². The van der Waals surface area contributed by atoms with E-state index in [0.29, 0.717) is 11.1 Å². The lowest BCUT2D eigenvalue weighted by molar-refractivity contribution is 0.0755. The quantitative estimate of drug-likeness (QED) is 0.696. The normalized spacial score (nSPS) is 13.7. The van der Waals surface area contributed by atoms with Crippen molar-refractivity contribution >= 4 is 11.6 Å². The van der Waals surface area contributed by atoms with E-state index in [9.17, 15) is 9.59 Å². The molecule has 2 aromatic rings. The highest BCUT2D eigenvalue weighted by molar-refractivity contribution is 6.14. The Hall–Kier alpha value is -2.26. The van der Waals surface area contributed by atoms with Crippen molar-refractivity contribution in [2.45, 2.75) is 25.8 Å². The number of likely N-dealkylation sites (N-methyl/N-ethyl adjacent to an activating group) is 1. The maximum Gasteiger partial charge on any atom is 0.193 e. The van der Waals surface area contributed by atoms with Crippen molar-refractivity contribution < 1.29 is 9.59 Å². The molecule has 3 heteroatoms. The highest BCUT2D eigenvalue weighted by Gasteiger charge is 2.32. The van der Waals surface area contributed by atoms with Crippen LogP contribution in [0.25, 0.3) is 0 Å². The first-order valence-electron chi connectivity index (χ1n) is 7.80. The summed E-state index contributed by atoms with van der Waals surface area (Å²) in [6.45, 7) is 3.79. The first-order valence-corrected chi connectivity index (χ1v) is 7.80. The Morgan fingerprint density at radius 2 is 1.65 bits per heavy atom. The molecule has 0 unspecified atom stereocenters. The molecule has 23 heavy (non-hydrogen) atoms. The van der Waals surface area contributed by atoms with Gasteiger partial charge in [0.15, 0.2) is 11.6 Å². The number of rotatable bonds is 3. The average molecular weight is 307 g/mol. The van der Waals surface area contributed by atoms with E-state index in [1.165, 1.54) is 0 Å². The van der Waals surface area contributed by atoms with Gasteiger partial charge in [-0.1, -0.05) is 36.4 Å². The molecule has 0 aliphatic heterocycles. The number of Topliss-reactive ketones (excluding diaryl/α,β-unsaturated/α-hetero) is 1. The lowest BCUT2D eigenvalue weighted by Gasteiger charge is -2.31. The molecule has 0 atom stereocenters. The zero-order valence-electron chi connectivity index (χ0n) is 14.0. The largest absolute Gasteiger partial charge is 0.297 e. The van der Waals surface area contributed by atoms with Gasteiger partial charge in [0.25, 0.3) is 0 Å². The highest BCUT2D eigenvalue weighted by Crippen LogP contribution is 2.29. The molecule has 2 aromatic carbocycles. The van der Waals surface area contributed by atoms with Crippen molar-refractivity contribution in [3.05, 3.63) is 70.3 Å². The van der Waals surface area contributed by atoms with Crippen LogP contribution in [-0.2, 0) is 6.42 Å². The van der Waals surface area contributed by atoms with Crippen molar-refractivity contribution in [1.29, 1.82) is 0 Å². The fraction of sp³-hybridized carbons (Fsp3) is 0.300. The van der Waals surface area contributed by atoms with Crippen molar-refractivity contribution in [3.8, 4) is 0 Å². The molecule has 1 aliphatic rings. The van der Waals surface area contributed by atoms with Crippen LogP contribution < -0.4 is 0 Å². The predicted octanol–water partition coefficient (Wildman–Crippen LogP) is 3.34. The van der Waals surface area contributed by atoms with Crippen LogP contribution in [0, 0.1) is 0 Å². The topological polar surface area (TPSA) is 37.4 Å². The molecule has 0 bridgehead atoms. The van der Waals surface area contributed by atoms with Crippen molar-refractivity contribution in [3.63, 3.8) is 0 Å². The number of carbonyl (C=O) groups is 2. The summed E-state index contributed by atoms with van der Waals surface area (Å²) in [6.07, 6.45) is 0.739. The van der Waals surface area contributed by atoms with Gasteiger partial charge in [-0.15, -0.1) is 0 Å². The number of nitrogens with zero attached hydrogens (tertiary/aromatic N) is 1. The van der Waals surface area contributed by atoms with Crippen molar-refractivity contribution in [1.82, 2.24) is 4.90 Å². The summed E-state index contributed by atoms with van der Waals surface area (Å²) in [5.74, 6) is 0.0381. The number of carbonyl (C=O) groups excluding carboxylic acids is 2. The Kier molecular flexibility index (Phi) is 3.69. The molecule has 1 aliphatic carbocycles. The Balaban J connectivity index is 2.04. The molecular weight excluding hydrogens is 286 g/mol. The number of ketones is 2. The van der Waals surface area contributed by atoms with Crippen LogP contribution in [0.1, 0.15) is 51.3 Å². The van der Waals surface area contributed by atoms with Gasteiger partial charge in [-0.2, -0.15) is 0 Å². The molecule has 0 saturated heterocycles. The van der Waals surface area contributed by atoms with Crippen LogP contribution in [0.5, 0.6) is 0 Å². The Morgan fingerprint density at radius 3 is 2.35 bits per heavy atom. The standard InChI is InChI=1S/C20H21NO2/c1-20(2,21(3)4)19(23)15-10-9-14-11-13-7-5-6-8-16(13)18(22)17(14)12-15/h5-10,12H,11H2,1-4H3. The number of hydrogen-bond acceptors (Lipinski definition) is 3. The lowest BCUT2D eigenvalue weighted by atomic mass is 9.82. The van der Waals surface area contributed by atoms with Gasteiger partial charge >= 0.3 is 0 Å². The molecule has 0 aromatic heterocycles. The minimum Gasteiger partial charge on any atom is -0.297 e. The highest BCUT2D eigenvalue weighted by atomic mass is 16.1. The fourth-order valence-corrected chi connectivity index (χ4v) is 2.89. The summed E-state index contributed by atoms with van der Waals surface area (Å²) < 4.78 is 0. The third-order valence-electron chi connectivity index (χ3n) is 4.93. The second-order valence-electron chi connectivity index (χ2n) is 6.82. The Bertz CT molecular complexity index is 803. The molecule has 3 rings (SSSR count). The molecule has 3 nitrogen and oxygen atoms in total. The van der Waals surface area contributed by atoms with E-state index in [1.807, 2.05) is 69.2 Å². The van der Waals surface area contributed by atoms with Gasteiger partial charge in [0.2, 0.25) is 0 Å². The Labute approximate surface area is 136 Å². The summed E-state index contributed by atoms with van der Waals surface area (Å²) in [7, 11) is 3.77. The smallest absolute Gasteiger partial charge is 0.193 e. The third kappa shape index (κ3) is 2.51. The first kappa shape index (κ1) is 15.6. The van der Waals surface area contributed by atoms with Gasteiger partial charge in [-0.05, 0) is 51.6 Å². The number of benzene rings is 2. The van der Waals surface area contributed by atoms with Crippen LogP contribution in [0.2, 0.25) is 0 Å². The van der Waals surface area contributed by atoms with E-state index in [0.717, 1.165) is 23.1 Å². The summed E-state index contributed by atoms with van der Waals surface area (Å²) in [5.41, 5.74) is 3.44. The van der Waals surface area contributed by atoms with E-state index in [2.05, 4.69) is 0 Å². The van der Waals surface area contributed by atoms with E-state index < -0.39 is 5.54 Å². The van der Waals surface area contributed by atoms with Gasteiger partial charge in [0.05, 0.1) is 5.54 Å². The average Bonchev–Trinajstić information content (AvgIpc) is 2.54. The van der Waals surface area contributed by atoms with E-state index >= 15 is 0 Å². The summed E-state index contributed by atoms with van der Waals surface area (Å²) >= 11 is 0. The van der Waals surface area contributed by atoms with Gasteiger partial charge in [0.1, 0.15) is 0 Å². The second kappa shape index (κ2) is 5.43. The summed E-state index contributed by atoms with van der Waals surface area (Å²) in [6, 6.07) is 13.2. The van der Waals surface area contributed by atoms with Gasteiger partial charge in [0, 0.05) is 16.7 Å². The molecule has 0 N–H and O–H groups in total. The zero-order valence-corrected chi connectivity index (χ0v) is 14.0. The maximum atomic E-state index is 12.8. The SMILES string of the molecule is CN(C)C(C)(C)C(=O)c1ccc2c(c1)C(=O)c1ccccc1C2. The maximum absolute atomic E-state index is 12.8. The summed E-state index contributed by atoms with van der Waals surface area (Å²) in [4.78, 5) is 27.4. The van der Waals surface area contributed by atoms with Crippen LogP contribution in [0.3, 0.4) is 0 Å². The zero-order chi connectivity index (χ0) is 16.8. The first-order chi connectivity index (χ1) is 10.8. The van der Waals surface area contributed by atoms with Crippen molar-refractivity contribution in [2.24, 2.45) is 0 Å². The van der Waals surface area contributed by atoms with Gasteiger partial charge in [-0.25, -0.2) is 0 Å². The van der Waals surface area contributed by atoms with Crippen molar-refractivity contribution in [2.75, 3.05) is 14.1 Å². The minimum absolute atomic E-state index is 0.0131. The molecule has 0 fully saturated rings. The van der Waals surface area contributed by atoms with Gasteiger partial charge in [-0.3, -0.25) is 14.5 Å². The van der Waals surface area contributed by atoms with E-state index in [-0.39, 0.29) is 11.6 Å². The molecule has 118 valence electrons. The van der Waals surface area contributed by atoms with Crippen LogP contribution in [-0.4, -0.2) is 36.1 Å². The molecular formula is C20H21NO2. The fourth-order valence-electron chi connectivity index (χ4n) is 2.89. The Morgan fingerprint density at radius 1 is 1.00 bits per heavy atom.